The van der Waals surface area contributed by atoms with Gasteiger partial charge in [0.1, 0.15) is 6.54 Å². The van der Waals surface area contributed by atoms with Crippen LogP contribution in [0.4, 0.5) is 18.0 Å². The molecular weight excluding hydrogens is 253 g/mol. The van der Waals surface area contributed by atoms with Gasteiger partial charge in [0.15, 0.2) is 0 Å². The second-order valence-corrected chi connectivity index (χ2v) is 4.66. The van der Waals surface area contributed by atoms with Gasteiger partial charge in [-0.15, -0.1) is 11.3 Å². The summed E-state index contributed by atoms with van der Waals surface area (Å²) in [5, 5.41) is 6.12. The Bertz CT molecular complexity index is 351. The van der Waals surface area contributed by atoms with E-state index in [-0.39, 0.29) is 6.04 Å². The number of carbonyl (C=O) groups is 1. The first-order chi connectivity index (χ1) is 7.87. The lowest BCUT2D eigenvalue weighted by atomic mass is 10.2. The molecule has 0 spiro atoms. The van der Waals surface area contributed by atoms with Crippen molar-refractivity contribution in [3.05, 3.63) is 22.4 Å². The van der Waals surface area contributed by atoms with Gasteiger partial charge in [0.2, 0.25) is 0 Å². The van der Waals surface area contributed by atoms with Gasteiger partial charge in [-0.3, -0.25) is 0 Å². The number of alkyl halides is 3. The van der Waals surface area contributed by atoms with Crippen LogP contribution < -0.4 is 10.6 Å². The Morgan fingerprint density at radius 3 is 2.76 bits per heavy atom. The molecule has 1 unspecified atom stereocenters. The van der Waals surface area contributed by atoms with Crippen molar-refractivity contribution in [2.24, 2.45) is 0 Å². The molecule has 3 nitrogen and oxygen atoms in total. The van der Waals surface area contributed by atoms with Crippen LogP contribution in [0.5, 0.6) is 0 Å². The number of thiophene rings is 1. The van der Waals surface area contributed by atoms with Gasteiger partial charge < -0.3 is 10.6 Å². The highest BCUT2D eigenvalue weighted by Crippen LogP contribution is 2.12. The number of urea groups is 1. The fraction of sp³-hybridized carbons (Fsp3) is 0.500. The molecule has 2 N–H and O–H groups in total. The monoisotopic (exact) mass is 266 g/mol. The molecule has 17 heavy (non-hydrogen) atoms. The topological polar surface area (TPSA) is 41.1 Å². The highest BCUT2D eigenvalue weighted by Gasteiger charge is 2.27. The molecule has 0 radical (unpaired) electrons. The van der Waals surface area contributed by atoms with E-state index in [0.717, 1.165) is 4.88 Å². The van der Waals surface area contributed by atoms with Crippen LogP contribution in [0.1, 0.15) is 11.8 Å². The standard InChI is InChI=1S/C10H13F3N2OS/c1-7(5-8-3-2-4-17-8)15-9(16)14-6-10(11,12)13/h2-4,7H,5-6H2,1H3,(H2,14,15,16). The van der Waals surface area contributed by atoms with Crippen molar-refractivity contribution in [3.8, 4) is 0 Å². The molecule has 0 aliphatic heterocycles. The minimum Gasteiger partial charge on any atom is -0.335 e. The molecule has 0 aliphatic rings. The molecule has 0 fully saturated rings. The van der Waals surface area contributed by atoms with Crippen molar-refractivity contribution in [1.82, 2.24) is 10.6 Å². The smallest absolute Gasteiger partial charge is 0.335 e. The van der Waals surface area contributed by atoms with Crippen LogP contribution in [0.15, 0.2) is 17.5 Å². The molecule has 1 atom stereocenters. The number of nitrogens with one attached hydrogen (secondary N) is 2. The Kier molecular flexibility index (Phi) is 4.80. The third-order valence-electron chi connectivity index (χ3n) is 1.91. The summed E-state index contributed by atoms with van der Waals surface area (Å²) >= 11 is 1.54. The fourth-order valence-electron chi connectivity index (χ4n) is 1.24. The van der Waals surface area contributed by atoms with E-state index < -0.39 is 18.8 Å². The summed E-state index contributed by atoms with van der Waals surface area (Å²) in [6.07, 6.45) is -3.77. The predicted octanol–water partition coefficient (Wildman–Crippen LogP) is 2.54. The van der Waals surface area contributed by atoms with Crippen molar-refractivity contribution < 1.29 is 18.0 Å². The van der Waals surface area contributed by atoms with Gasteiger partial charge >= 0.3 is 12.2 Å². The van der Waals surface area contributed by atoms with Crippen molar-refractivity contribution in [2.45, 2.75) is 25.6 Å². The number of carbonyl (C=O) groups excluding carboxylic acids is 1. The minimum atomic E-state index is -4.38. The zero-order chi connectivity index (χ0) is 12.9. The van der Waals surface area contributed by atoms with Crippen molar-refractivity contribution in [2.75, 3.05) is 6.54 Å². The molecule has 0 aromatic carbocycles. The quantitative estimate of drug-likeness (QED) is 0.864. The Balaban J connectivity index is 2.26. The first-order valence-electron chi connectivity index (χ1n) is 5.00. The van der Waals surface area contributed by atoms with Crippen LogP contribution in [0.3, 0.4) is 0 Å². The van der Waals surface area contributed by atoms with Crippen LogP contribution in [0.25, 0.3) is 0 Å². The lowest BCUT2D eigenvalue weighted by Crippen LogP contribution is -2.44. The zero-order valence-corrected chi connectivity index (χ0v) is 9.99. The van der Waals surface area contributed by atoms with E-state index in [4.69, 9.17) is 0 Å². The van der Waals surface area contributed by atoms with Gasteiger partial charge in [0.25, 0.3) is 0 Å². The third-order valence-corrected chi connectivity index (χ3v) is 2.81. The molecule has 0 bridgehead atoms. The molecule has 1 rings (SSSR count). The zero-order valence-electron chi connectivity index (χ0n) is 9.17. The average molecular weight is 266 g/mol. The first-order valence-corrected chi connectivity index (χ1v) is 5.88. The lowest BCUT2D eigenvalue weighted by Gasteiger charge is -2.14. The largest absolute Gasteiger partial charge is 0.405 e. The van der Waals surface area contributed by atoms with Crippen LogP contribution in [0, 0.1) is 0 Å². The van der Waals surface area contributed by atoms with Crippen molar-refractivity contribution in [1.29, 1.82) is 0 Å². The lowest BCUT2D eigenvalue weighted by molar-refractivity contribution is -0.122. The van der Waals surface area contributed by atoms with Crippen molar-refractivity contribution >= 4 is 17.4 Å². The Morgan fingerprint density at radius 2 is 2.24 bits per heavy atom. The second kappa shape index (κ2) is 5.90. The van der Waals surface area contributed by atoms with E-state index in [1.54, 1.807) is 23.6 Å². The van der Waals surface area contributed by atoms with Crippen molar-refractivity contribution in [3.63, 3.8) is 0 Å². The molecule has 7 heteroatoms. The summed E-state index contributed by atoms with van der Waals surface area (Å²) in [6.45, 7) is 0.428. The minimum absolute atomic E-state index is 0.207. The van der Waals surface area contributed by atoms with Crippen LogP contribution in [-0.4, -0.2) is 24.8 Å². The number of rotatable bonds is 4. The summed E-state index contributed by atoms with van der Waals surface area (Å²) in [6, 6.07) is 2.79. The van der Waals surface area contributed by atoms with Gasteiger partial charge in [-0.25, -0.2) is 4.79 Å². The summed E-state index contributed by atoms with van der Waals surface area (Å²) < 4.78 is 35.5. The molecule has 1 aromatic heterocycles. The van der Waals surface area contributed by atoms with E-state index in [9.17, 15) is 18.0 Å². The molecule has 0 saturated heterocycles. The number of hydrogen-bond donors (Lipinski definition) is 2. The Morgan fingerprint density at radius 1 is 1.53 bits per heavy atom. The number of halogens is 3. The SMILES string of the molecule is CC(Cc1cccs1)NC(=O)NCC(F)(F)F. The van der Waals surface area contributed by atoms with Gasteiger partial charge in [-0.05, 0) is 18.4 Å². The van der Waals surface area contributed by atoms with Crippen LogP contribution >= 0.6 is 11.3 Å². The van der Waals surface area contributed by atoms with Gasteiger partial charge in [0, 0.05) is 17.3 Å². The highest BCUT2D eigenvalue weighted by molar-refractivity contribution is 7.09. The molecule has 1 heterocycles. The van der Waals surface area contributed by atoms with Gasteiger partial charge in [-0.2, -0.15) is 13.2 Å². The predicted molar refractivity (Wildman–Crippen MR) is 60.1 cm³/mol. The van der Waals surface area contributed by atoms with E-state index in [2.05, 4.69) is 5.32 Å². The second-order valence-electron chi connectivity index (χ2n) is 3.63. The van der Waals surface area contributed by atoms with Gasteiger partial charge in [0.05, 0.1) is 0 Å². The van der Waals surface area contributed by atoms with Crippen LogP contribution in [-0.2, 0) is 6.42 Å². The fourth-order valence-corrected chi connectivity index (χ4v) is 2.07. The third kappa shape index (κ3) is 6.15. The summed E-state index contributed by atoms with van der Waals surface area (Å²) in [5.41, 5.74) is 0. The molecule has 1 aromatic rings. The highest BCUT2D eigenvalue weighted by atomic mass is 32.1. The maximum atomic E-state index is 11.8. The van der Waals surface area contributed by atoms with E-state index in [1.165, 1.54) is 0 Å². The van der Waals surface area contributed by atoms with Gasteiger partial charge in [-0.1, -0.05) is 6.07 Å². The number of amides is 2. The number of hydrogen-bond acceptors (Lipinski definition) is 2. The Hall–Kier alpha value is -1.24. The average Bonchev–Trinajstić information content (AvgIpc) is 2.66. The van der Waals surface area contributed by atoms with Crippen LogP contribution in [0.2, 0.25) is 0 Å². The summed E-state index contributed by atoms with van der Waals surface area (Å²) in [4.78, 5) is 12.2. The molecule has 0 aliphatic carbocycles. The Labute approximate surface area is 101 Å². The van der Waals surface area contributed by atoms with E-state index in [0.29, 0.717) is 6.42 Å². The summed E-state index contributed by atoms with van der Waals surface area (Å²) in [5.74, 6) is 0. The molecule has 2 amide bonds. The maximum absolute atomic E-state index is 11.8. The maximum Gasteiger partial charge on any atom is 0.405 e. The van der Waals surface area contributed by atoms with E-state index >= 15 is 0 Å². The first kappa shape index (κ1) is 13.8. The normalized spacial score (nSPS) is 13.2. The molecular formula is C10H13F3N2OS. The van der Waals surface area contributed by atoms with E-state index in [1.807, 2.05) is 17.5 Å². The summed E-state index contributed by atoms with van der Waals surface area (Å²) in [7, 11) is 0. The molecule has 0 saturated carbocycles. The molecule has 96 valence electrons.